The van der Waals surface area contributed by atoms with Crippen LogP contribution in [0.15, 0.2) is 48.5 Å². The number of rotatable bonds is 9. The van der Waals surface area contributed by atoms with E-state index in [4.69, 9.17) is 9.47 Å². The number of hydrogen-bond donors (Lipinski definition) is 0. The van der Waals surface area contributed by atoms with Crippen LogP contribution >= 0.6 is 11.5 Å². The number of aromatic nitrogens is 2. The van der Waals surface area contributed by atoms with Crippen LogP contribution in [0.1, 0.15) is 23.9 Å². The number of ether oxygens (including phenoxy) is 2. The summed E-state index contributed by atoms with van der Waals surface area (Å²) >= 11 is 1.31. The third-order valence-electron chi connectivity index (χ3n) is 4.18. The van der Waals surface area contributed by atoms with Crippen LogP contribution in [0.5, 0.6) is 11.5 Å². The maximum absolute atomic E-state index is 11.4. The van der Waals surface area contributed by atoms with E-state index in [1.165, 1.54) is 11.5 Å². The van der Waals surface area contributed by atoms with E-state index in [0.29, 0.717) is 18.9 Å². The molecule has 3 aromatic rings. The minimum Gasteiger partial charge on any atom is -0.497 e. The fourth-order valence-corrected chi connectivity index (χ4v) is 3.48. The second-order valence-corrected chi connectivity index (χ2v) is 7.16. The van der Waals surface area contributed by atoms with E-state index >= 15 is 0 Å². The van der Waals surface area contributed by atoms with Crippen molar-refractivity contribution in [2.75, 3.05) is 19.1 Å². The summed E-state index contributed by atoms with van der Waals surface area (Å²) in [5, 5.41) is 0.787. The van der Waals surface area contributed by atoms with Gasteiger partial charge in [-0.15, -0.1) is 0 Å². The van der Waals surface area contributed by atoms with Crippen molar-refractivity contribution in [2.45, 2.75) is 26.4 Å². The zero-order chi connectivity index (χ0) is 19.9. The van der Waals surface area contributed by atoms with Gasteiger partial charge in [0.2, 0.25) is 5.13 Å². The summed E-state index contributed by atoms with van der Waals surface area (Å²) < 4.78 is 14.9. The van der Waals surface area contributed by atoms with Gasteiger partial charge in [-0.3, -0.25) is 4.79 Å². The first-order chi connectivity index (χ1) is 13.6. The van der Waals surface area contributed by atoms with E-state index in [1.54, 1.807) is 21.1 Å². The molecule has 146 valence electrons. The van der Waals surface area contributed by atoms with Crippen molar-refractivity contribution in [3.8, 4) is 11.5 Å². The van der Waals surface area contributed by atoms with Gasteiger partial charge in [0.25, 0.3) is 0 Å². The number of nitrogens with zero attached hydrogens (tertiary/aromatic N) is 3. The van der Waals surface area contributed by atoms with Gasteiger partial charge in [-0.1, -0.05) is 24.3 Å². The lowest BCUT2D eigenvalue weighted by atomic mass is 10.1. The molecule has 0 fully saturated rings. The molecule has 0 unspecified atom stereocenters. The van der Waals surface area contributed by atoms with Crippen molar-refractivity contribution in [3.63, 3.8) is 0 Å². The summed E-state index contributed by atoms with van der Waals surface area (Å²) in [6.07, 6.45) is 0.256. The third kappa shape index (κ3) is 5.29. The van der Waals surface area contributed by atoms with E-state index in [1.807, 2.05) is 42.5 Å². The molecule has 0 N–H and O–H groups in total. The monoisotopic (exact) mass is 397 g/mol. The maximum atomic E-state index is 11.4. The van der Waals surface area contributed by atoms with Gasteiger partial charge in [0.15, 0.2) is 5.82 Å². The van der Waals surface area contributed by atoms with E-state index < -0.39 is 0 Å². The molecule has 3 rings (SSSR count). The molecule has 6 nitrogen and oxygen atoms in total. The normalized spacial score (nSPS) is 10.5. The molecule has 0 amide bonds. The quantitative estimate of drug-likeness (QED) is 0.546. The molecule has 0 saturated heterocycles. The fraction of sp³-hybridized carbons (Fsp3) is 0.286. The molecule has 28 heavy (non-hydrogen) atoms. The minimum atomic E-state index is 0.0545. The Morgan fingerprint density at radius 1 is 1.00 bits per heavy atom. The lowest BCUT2D eigenvalue weighted by molar-refractivity contribution is -0.116. The first-order valence-electron chi connectivity index (χ1n) is 8.90. The number of hydrogen-bond acceptors (Lipinski definition) is 7. The van der Waals surface area contributed by atoms with E-state index in [2.05, 4.69) is 20.3 Å². The van der Waals surface area contributed by atoms with Crippen molar-refractivity contribution in [1.29, 1.82) is 0 Å². The largest absolute Gasteiger partial charge is 0.497 e. The number of benzene rings is 2. The SMILES string of the molecule is COc1ccc(CN(Cc2cccc(OC)c2)c2nc(CC(C)=O)ns2)cc1. The molecule has 7 heteroatoms. The summed E-state index contributed by atoms with van der Waals surface area (Å²) in [5.41, 5.74) is 2.24. The molecule has 0 aliphatic rings. The maximum Gasteiger partial charge on any atom is 0.205 e. The molecule has 1 heterocycles. The van der Waals surface area contributed by atoms with Gasteiger partial charge >= 0.3 is 0 Å². The highest BCUT2D eigenvalue weighted by Crippen LogP contribution is 2.24. The van der Waals surface area contributed by atoms with Crippen molar-refractivity contribution in [1.82, 2.24) is 9.36 Å². The summed E-state index contributed by atoms with van der Waals surface area (Å²) in [6.45, 7) is 2.86. The molecule has 2 aromatic carbocycles. The molecular formula is C21H23N3O3S. The molecule has 0 radical (unpaired) electrons. The number of ketones is 1. The number of carbonyl (C=O) groups excluding carboxylic acids is 1. The van der Waals surface area contributed by atoms with Gasteiger partial charge in [-0.2, -0.15) is 4.37 Å². The second-order valence-electron chi connectivity index (χ2n) is 6.43. The van der Waals surface area contributed by atoms with Crippen molar-refractivity contribution < 1.29 is 14.3 Å². The molecule has 0 bridgehead atoms. The molecule has 0 saturated carbocycles. The Hall–Kier alpha value is -2.93. The molecule has 0 spiro atoms. The zero-order valence-electron chi connectivity index (χ0n) is 16.2. The predicted molar refractivity (Wildman–Crippen MR) is 110 cm³/mol. The van der Waals surface area contributed by atoms with Crippen LogP contribution in [0.25, 0.3) is 0 Å². The van der Waals surface area contributed by atoms with Crippen LogP contribution in [0.3, 0.4) is 0 Å². The Bertz CT molecular complexity index is 925. The Labute approximate surface area is 168 Å². The van der Waals surface area contributed by atoms with E-state index in [9.17, 15) is 4.79 Å². The zero-order valence-corrected chi connectivity index (χ0v) is 17.0. The van der Waals surface area contributed by atoms with Gasteiger partial charge in [0.1, 0.15) is 17.3 Å². The molecular weight excluding hydrogens is 374 g/mol. The van der Waals surface area contributed by atoms with E-state index in [0.717, 1.165) is 27.8 Å². The number of anilines is 1. The van der Waals surface area contributed by atoms with Crippen LogP contribution < -0.4 is 14.4 Å². The Kier molecular flexibility index (Phi) is 6.60. The Morgan fingerprint density at radius 2 is 1.71 bits per heavy atom. The molecule has 0 aliphatic heterocycles. The summed E-state index contributed by atoms with van der Waals surface area (Å²) in [5.74, 6) is 2.26. The van der Waals surface area contributed by atoms with Gasteiger partial charge in [0.05, 0.1) is 20.6 Å². The van der Waals surface area contributed by atoms with Gasteiger partial charge in [-0.25, -0.2) is 4.98 Å². The smallest absolute Gasteiger partial charge is 0.205 e. The topological polar surface area (TPSA) is 64.6 Å². The first kappa shape index (κ1) is 19.8. The van der Waals surface area contributed by atoms with Crippen LogP contribution in [0.2, 0.25) is 0 Å². The highest BCUT2D eigenvalue weighted by atomic mass is 32.1. The first-order valence-corrected chi connectivity index (χ1v) is 9.67. The highest BCUT2D eigenvalue weighted by molar-refractivity contribution is 7.09. The van der Waals surface area contributed by atoms with Gasteiger partial charge < -0.3 is 14.4 Å². The highest BCUT2D eigenvalue weighted by Gasteiger charge is 2.15. The lowest BCUT2D eigenvalue weighted by Crippen LogP contribution is -2.22. The third-order valence-corrected chi connectivity index (χ3v) is 4.99. The molecule has 1 aromatic heterocycles. The molecule has 0 atom stereocenters. The lowest BCUT2D eigenvalue weighted by Gasteiger charge is -2.22. The average molecular weight is 398 g/mol. The number of Topliss-reactive ketones (excluding diaryl/α,β-unsaturated/α-hetero) is 1. The average Bonchev–Trinajstić information content (AvgIpc) is 3.16. The predicted octanol–water partition coefficient (Wildman–Crippen LogP) is 3.89. The second kappa shape index (κ2) is 9.32. The Morgan fingerprint density at radius 3 is 2.39 bits per heavy atom. The van der Waals surface area contributed by atoms with Crippen LogP contribution in [-0.2, 0) is 24.3 Å². The van der Waals surface area contributed by atoms with Crippen LogP contribution in [0, 0.1) is 0 Å². The number of carbonyl (C=O) groups is 1. The minimum absolute atomic E-state index is 0.0545. The standard InChI is InChI=1S/C21H23N3O3S/c1-15(25)11-20-22-21(28-23-20)24(13-16-7-9-18(26-2)10-8-16)14-17-5-4-6-19(12-17)27-3/h4-10,12H,11,13-14H2,1-3H3. The van der Waals surface area contributed by atoms with Crippen molar-refractivity contribution >= 4 is 22.4 Å². The van der Waals surface area contributed by atoms with Crippen molar-refractivity contribution in [2.24, 2.45) is 0 Å². The van der Waals surface area contributed by atoms with Crippen molar-refractivity contribution in [3.05, 3.63) is 65.5 Å². The van der Waals surface area contributed by atoms with Gasteiger partial charge in [-0.05, 0) is 42.3 Å². The van der Waals surface area contributed by atoms with Crippen LogP contribution in [-0.4, -0.2) is 29.4 Å². The summed E-state index contributed by atoms with van der Waals surface area (Å²) in [4.78, 5) is 18.1. The number of methoxy groups -OCH3 is 2. The summed E-state index contributed by atoms with van der Waals surface area (Å²) in [6, 6.07) is 15.9. The van der Waals surface area contributed by atoms with Gasteiger partial charge in [0, 0.05) is 24.6 Å². The summed E-state index contributed by atoms with van der Waals surface area (Å²) in [7, 11) is 3.31. The fourth-order valence-electron chi connectivity index (χ4n) is 2.80. The van der Waals surface area contributed by atoms with Crippen LogP contribution in [0.4, 0.5) is 5.13 Å². The Balaban J connectivity index is 1.85. The molecule has 0 aliphatic carbocycles. The van der Waals surface area contributed by atoms with E-state index in [-0.39, 0.29) is 12.2 Å².